The van der Waals surface area contributed by atoms with Crippen molar-refractivity contribution in [2.75, 3.05) is 0 Å². The quantitative estimate of drug-likeness (QED) is 0.626. The van der Waals surface area contributed by atoms with Gasteiger partial charge in [-0.25, -0.2) is 0 Å². The summed E-state index contributed by atoms with van der Waals surface area (Å²) >= 11 is 0. The molecular weight excluding hydrogens is 140 g/mol. The second kappa shape index (κ2) is 2.50. The van der Waals surface area contributed by atoms with E-state index in [-0.39, 0.29) is 5.92 Å². The molecule has 0 saturated heterocycles. The van der Waals surface area contributed by atoms with Gasteiger partial charge in [-0.2, -0.15) is 0 Å². The number of aliphatic carboxylic acids is 1. The predicted molar refractivity (Wildman–Crippen MR) is 41.2 cm³/mol. The summed E-state index contributed by atoms with van der Waals surface area (Å²) in [6.07, 6.45) is 5.82. The number of carbonyl (C=O) groups is 1. The summed E-state index contributed by atoms with van der Waals surface area (Å²) in [4.78, 5) is 10.6. The van der Waals surface area contributed by atoms with Crippen LogP contribution in [0.3, 0.4) is 0 Å². The van der Waals surface area contributed by atoms with Crippen LogP contribution in [0, 0.1) is 17.8 Å². The molecule has 0 heterocycles. The van der Waals surface area contributed by atoms with Crippen molar-refractivity contribution in [2.24, 2.45) is 17.8 Å². The molecule has 62 valence electrons. The van der Waals surface area contributed by atoms with Gasteiger partial charge in [0.15, 0.2) is 0 Å². The van der Waals surface area contributed by atoms with Crippen LogP contribution in [0.4, 0.5) is 0 Å². The second-order valence-corrected chi connectivity index (χ2v) is 3.96. The van der Waals surface area contributed by atoms with Gasteiger partial charge in [0.2, 0.25) is 0 Å². The Labute approximate surface area is 66.6 Å². The highest BCUT2D eigenvalue weighted by atomic mass is 16.4. The molecule has 2 aliphatic rings. The summed E-state index contributed by atoms with van der Waals surface area (Å²) in [6, 6.07) is 0. The van der Waals surface area contributed by atoms with E-state index in [9.17, 15) is 4.79 Å². The molecule has 0 amide bonds. The van der Waals surface area contributed by atoms with Crippen molar-refractivity contribution in [1.29, 1.82) is 0 Å². The molecule has 0 spiro atoms. The number of carboxylic acid groups (broad SMARTS) is 1. The van der Waals surface area contributed by atoms with Gasteiger partial charge in [0.1, 0.15) is 0 Å². The van der Waals surface area contributed by atoms with Crippen LogP contribution in [0.25, 0.3) is 0 Å². The van der Waals surface area contributed by atoms with Crippen molar-refractivity contribution >= 4 is 5.97 Å². The minimum atomic E-state index is -0.570. The van der Waals surface area contributed by atoms with E-state index in [0.29, 0.717) is 0 Å². The fraction of sp³-hybridized carbons (Fsp3) is 0.889. The first-order valence-electron chi connectivity index (χ1n) is 4.50. The highest BCUT2D eigenvalue weighted by Crippen LogP contribution is 2.46. The lowest BCUT2D eigenvalue weighted by molar-refractivity contribution is -0.141. The fourth-order valence-electron chi connectivity index (χ4n) is 2.76. The average molecular weight is 154 g/mol. The van der Waals surface area contributed by atoms with Gasteiger partial charge in [0.25, 0.3) is 0 Å². The van der Waals surface area contributed by atoms with Crippen LogP contribution in [-0.2, 0) is 4.79 Å². The van der Waals surface area contributed by atoms with Gasteiger partial charge in [0.05, 0.1) is 5.92 Å². The molecule has 2 nitrogen and oxygen atoms in total. The van der Waals surface area contributed by atoms with Crippen LogP contribution in [0.5, 0.6) is 0 Å². The van der Waals surface area contributed by atoms with E-state index >= 15 is 0 Å². The van der Waals surface area contributed by atoms with E-state index < -0.39 is 5.97 Å². The van der Waals surface area contributed by atoms with Gasteiger partial charge >= 0.3 is 5.97 Å². The molecule has 0 aromatic heterocycles. The minimum Gasteiger partial charge on any atom is -0.481 e. The molecule has 3 atom stereocenters. The van der Waals surface area contributed by atoms with Crippen LogP contribution >= 0.6 is 0 Å². The molecule has 0 radical (unpaired) electrons. The summed E-state index contributed by atoms with van der Waals surface area (Å²) in [5.41, 5.74) is 0. The smallest absolute Gasteiger partial charge is 0.306 e. The molecule has 11 heavy (non-hydrogen) atoms. The van der Waals surface area contributed by atoms with Gasteiger partial charge < -0.3 is 5.11 Å². The molecule has 2 heteroatoms. The number of rotatable bonds is 1. The van der Waals surface area contributed by atoms with Crippen molar-refractivity contribution in [3.05, 3.63) is 0 Å². The van der Waals surface area contributed by atoms with Crippen LogP contribution in [0.2, 0.25) is 0 Å². The highest BCUT2D eigenvalue weighted by Gasteiger charge is 2.39. The molecule has 0 aliphatic heterocycles. The fourth-order valence-corrected chi connectivity index (χ4v) is 2.76. The van der Waals surface area contributed by atoms with Gasteiger partial charge in [-0.05, 0) is 24.7 Å². The van der Waals surface area contributed by atoms with E-state index in [1.807, 2.05) is 0 Å². The largest absolute Gasteiger partial charge is 0.481 e. The normalized spacial score (nSPS) is 42.4. The van der Waals surface area contributed by atoms with Gasteiger partial charge in [0, 0.05) is 0 Å². The van der Waals surface area contributed by atoms with Gasteiger partial charge in [-0.15, -0.1) is 0 Å². The Morgan fingerprint density at radius 3 is 2.18 bits per heavy atom. The lowest BCUT2D eigenvalue weighted by Crippen LogP contribution is -2.09. The molecule has 0 bridgehead atoms. The molecule has 2 rings (SSSR count). The van der Waals surface area contributed by atoms with Crippen LogP contribution in [0.15, 0.2) is 0 Å². The van der Waals surface area contributed by atoms with Crippen LogP contribution in [-0.4, -0.2) is 11.1 Å². The van der Waals surface area contributed by atoms with E-state index in [1.165, 1.54) is 19.3 Å². The van der Waals surface area contributed by atoms with Crippen molar-refractivity contribution < 1.29 is 9.90 Å². The Balaban J connectivity index is 1.99. The third-order valence-electron chi connectivity index (χ3n) is 3.34. The van der Waals surface area contributed by atoms with E-state index in [0.717, 1.165) is 24.7 Å². The van der Waals surface area contributed by atoms with Crippen molar-refractivity contribution in [1.82, 2.24) is 0 Å². The van der Waals surface area contributed by atoms with Crippen LogP contribution in [0.1, 0.15) is 32.1 Å². The third kappa shape index (κ3) is 1.15. The molecule has 2 aliphatic carbocycles. The molecular formula is C9H14O2. The van der Waals surface area contributed by atoms with E-state index in [1.54, 1.807) is 0 Å². The predicted octanol–water partition coefficient (Wildman–Crippen LogP) is 1.90. The van der Waals surface area contributed by atoms with Crippen molar-refractivity contribution in [2.45, 2.75) is 32.1 Å². The molecule has 2 fully saturated rings. The monoisotopic (exact) mass is 154 g/mol. The topological polar surface area (TPSA) is 37.3 Å². The summed E-state index contributed by atoms with van der Waals surface area (Å²) in [5.74, 6) is 0.942. The first-order valence-corrected chi connectivity index (χ1v) is 4.50. The Kier molecular flexibility index (Phi) is 1.63. The summed E-state index contributed by atoms with van der Waals surface area (Å²) < 4.78 is 0. The molecule has 1 unspecified atom stereocenters. The second-order valence-electron chi connectivity index (χ2n) is 3.96. The lowest BCUT2D eigenvalue weighted by atomic mass is 10.0. The standard InChI is InChI=1S/C9H14O2/c10-9(11)8-4-6-2-1-3-7(6)5-8/h6-8H,1-5H2,(H,10,11)/t6-,7+,8?. The van der Waals surface area contributed by atoms with Crippen molar-refractivity contribution in [3.63, 3.8) is 0 Å². The first-order chi connectivity index (χ1) is 5.27. The maximum atomic E-state index is 10.6. The number of fused-ring (bicyclic) bond motifs is 1. The summed E-state index contributed by atoms with van der Waals surface area (Å²) in [5, 5.41) is 8.77. The van der Waals surface area contributed by atoms with E-state index in [2.05, 4.69) is 0 Å². The Morgan fingerprint density at radius 1 is 1.18 bits per heavy atom. The number of hydrogen-bond acceptors (Lipinski definition) is 1. The Hall–Kier alpha value is -0.530. The molecule has 1 N–H and O–H groups in total. The van der Waals surface area contributed by atoms with E-state index in [4.69, 9.17) is 5.11 Å². The zero-order valence-corrected chi connectivity index (χ0v) is 6.62. The average Bonchev–Trinajstić information content (AvgIpc) is 2.40. The lowest BCUT2D eigenvalue weighted by Gasteiger charge is -2.04. The summed E-state index contributed by atoms with van der Waals surface area (Å²) in [6.45, 7) is 0. The first kappa shape index (κ1) is 7.14. The highest BCUT2D eigenvalue weighted by molar-refractivity contribution is 5.70. The van der Waals surface area contributed by atoms with Crippen molar-refractivity contribution in [3.8, 4) is 0 Å². The third-order valence-corrected chi connectivity index (χ3v) is 3.34. The van der Waals surface area contributed by atoms with Crippen LogP contribution < -0.4 is 0 Å². The number of carboxylic acids is 1. The summed E-state index contributed by atoms with van der Waals surface area (Å²) in [7, 11) is 0. The molecule has 0 aromatic carbocycles. The zero-order chi connectivity index (χ0) is 7.84. The maximum absolute atomic E-state index is 10.6. The molecule has 2 saturated carbocycles. The minimum absolute atomic E-state index is 0.00898. The Morgan fingerprint density at radius 2 is 1.73 bits per heavy atom. The van der Waals surface area contributed by atoms with Gasteiger partial charge in [-0.3, -0.25) is 4.79 Å². The number of hydrogen-bond donors (Lipinski definition) is 1. The zero-order valence-electron chi connectivity index (χ0n) is 6.62. The SMILES string of the molecule is O=C(O)C1C[C@H]2CCC[C@H]2C1. The maximum Gasteiger partial charge on any atom is 0.306 e. The Bertz CT molecular complexity index is 164. The van der Waals surface area contributed by atoms with Gasteiger partial charge in [-0.1, -0.05) is 19.3 Å². The molecule has 0 aromatic rings.